The van der Waals surface area contributed by atoms with Crippen molar-refractivity contribution in [2.45, 2.75) is 6.61 Å². The van der Waals surface area contributed by atoms with Gasteiger partial charge in [0.25, 0.3) is 0 Å². The topological polar surface area (TPSA) is 51.6 Å². The second-order valence-corrected chi connectivity index (χ2v) is 4.14. The lowest BCUT2D eigenvalue weighted by molar-refractivity contribution is 0.201. The molecule has 0 spiro atoms. The fraction of sp³-hybridized carbons (Fsp3) is 0.214. The molecule has 1 N–H and O–H groups in total. The van der Waals surface area contributed by atoms with E-state index >= 15 is 0 Å². The smallest absolute Gasteiger partial charge is 0.135 e. The van der Waals surface area contributed by atoms with Gasteiger partial charge in [-0.05, 0) is 30.3 Å². The normalized spacial score (nSPS) is 10.2. The van der Waals surface area contributed by atoms with Crippen molar-refractivity contribution < 1.29 is 14.6 Å². The van der Waals surface area contributed by atoms with E-state index in [1.54, 1.807) is 30.5 Å². The predicted octanol–water partition coefficient (Wildman–Crippen LogP) is 2.69. The van der Waals surface area contributed by atoms with Crippen LogP contribution in [0.25, 0.3) is 0 Å². The fourth-order valence-electron chi connectivity index (χ4n) is 1.48. The molecular formula is C14H14ClNO3. The van der Waals surface area contributed by atoms with Crippen LogP contribution < -0.4 is 9.47 Å². The number of rotatable bonds is 6. The molecule has 2 rings (SSSR count). The molecule has 1 aromatic carbocycles. The van der Waals surface area contributed by atoms with Crippen molar-refractivity contribution in [2.24, 2.45) is 0 Å². The van der Waals surface area contributed by atoms with E-state index in [2.05, 4.69) is 4.98 Å². The molecule has 0 bridgehead atoms. The van der Waals surface area contributed by atoms with Crippen LogP contribution in [0.15, 0.2) is 42.6 Å². The second kappa shape index (κ2) is 6.97. The maximum atomic E-state index is 8.65. The molecule has 0 aliphatic heterocycles. The maximum absolute atomic E-state index is 8.65. The number of pyridine rings is 1. The summed E-state index contributed by atoms with van der Waals surface area (Å²) in [6.07, 6.45) is 1.64. The summed E-state index contributed by atoms with van der Waals surface area (Å²) >= 11 is 5.94. The van der Waals surface area contributed by atoms with E-state index in [0.717, 1.165) is 11.3 Å². The number of aromatic nitrogens is 1. The van der Waals surface area contributed by atoms with Gasteiger partial charge in [-0.25, -0.2) is 4.98 Å². The zero-order valence-electron chi connectivity index (χ0n) is 10.3. The standard InChI is InChI=1S/C14H14ClNO3/c15-14-11(2-1-7-16-14)10-19-13-5-3-12(4-6-13)18-9-8-17/h1-7,17H,8-10H2. The van der Waals surface area contributed by atoms with Crippen molar-refractivity contribution in [1.29, 1.82) is 0 Å². The third kappa shape index (κ3) is 4.12. The van der Waals surface area contributed by atoms with Crippen LogP contribution in [0.3, 0.4) is 0 Å². The highest BCUT2D eigenvalue weighted by Crippen LogP contribution is 2.20. The number of hydrogen-bond donors (Lipinski definition) is 1. The first-order valence-corrected chi connectivity index (χ1v) is 6.23. The van der Waals surface area contributed by atoms with Gasteiger partial charge >= 0.3 is 0 Å². The Morgan fingerprint density at radius 2 is 1.74 bits per heavy atom. The lowest BCUT2D eigenvalue weighted by Crippen LogP contribution is -2.01. The number of nitrogens with zero attached hydrogens (tertiary/aromatic N) is 1. The summed E-state index contributed by atoms with van der Waals surface area (Å²) in [4.78, 5) is 3.98. The molecule has 0 saturated heterocycles. The Labute approximate surface area is 116 Å². The average Bonchev–Trinajstić information content (AvgIpc) is 2.45. The van der Waals surface area contributed by atoms with E-state index in [1.807, 2.05) is 12.1 Å². The van der Waals surface area contributed by atoms with Crippen molar-refractivity contribution in [3.05, 3.63) is 53.3 Å². The Hall–Kier alpha value is -1.78. The summed E-state index contributed by atoms with van der Waals surface area (Å²) < 4.78 is 10.9. The Balaban J connectivity index is 1.91. The van der Waals surface area contributed by atoms with E-state index in [4.69, 9.17) is 26.2 Å². The third-order valence-electron chi connectivity index (χ3n) is 2.41. The van der Waals surface area contributed by atoms with Gasteiger partial charge in [0.2, 0.25) is 0 Å². The molecule has 4 nitrogen and oxygen atoms in total. The number of aliphatic hydroxyl groups is 1. The van der Waals surface area contributed by atoms with Crippen molar-refractivity contribution in [3.63, 3.8) is 0 Å². The van der Waals surface area contributed by atoms with E-state index < -0.39 is 0 Å². The highest BCUT2D eigenvalue weighted by atomic mass is 35.5. The minimum absolute atomic E-state index is 0.00222. The van der Waals surface area contributed by atoms with Gasteiger partial charge in [0.15, 0.2) is 0 Å². The molecule has 5 heteroatoms. The number of ether oxygens (including phenoxy) is 2. The largest absolute Gasteiger partial charge is 0.491 e. The van der Waals surface area contributed by atoms with Crippen LogP contribution in [-0.4, -0.2) is 23.3 Å². The van der Waals surface area contributed by atoms with E-state index in [1.165, 1.54) is 0 Å². The first kappa shape index (κ1) is 13.6. The van der Waals surface area contributed by atoms with Gasteiger partial charge in [0.1, 0.15) is 29.9 Å². The number of halogens is 1. The zero-order chi connectivity index (χ0) is 13.5. The van der Waals surface area contributed by atoms with Crippen LogP contribution in [0.1, 0.15) is 5.56 Å². The van der Waals surface area contributed by atoms with Crippen LogP contribution in [0.2, 0.25) is 5.15 Å². The Morgan fingerprint density at radius 3 is 2.37 bits per heavy atom. The summed E-state index contributed by atoms with van der Waals surface area (Å²) in [7, 11) is 0. The van der Waals surface area contributed by atoms with Gasteiger partial charge in [-0.2, -0.15) is 0 Å². The monoisotopic (exact) mass is 279 g/mol. The molecule has 0 aliphatic carbocycles. The first-order chi connectivity index (χ1) is 9.29. The molecule has 0 aliphatic rings. The molecule has 1 heterocycles. The van der Waals surface area contributed by atoms with Gasteiger partial charge < -0.3 is 14.6 Å². The van der Waals surface area contributed by atoms with Gasteiger partial charge in [-0.1, -0.05) is 17.7 Å². The highest BCUT2D eigenvalue weighted by Gasteiger charge is 2.02. The van der Waals surface area contributed by atoms with Crippen molar-refractivity contribution in [2.75, 3.05) is 13.2 Å². The quantitative estimate of drug-likeness (QED) is 0.826. The summed E-state index contributed by atoms with van der Waals surface area (Å²) in [6.45, 7) is 0.646. The molecule has 0 unspecified atom stereocenters. The fourth-order valence-corrected chi connectivity index (χ4v) is 1.66. The molecule has 0 saturated carbocycles. The first-order valence-electron chi connectivity index (χ1n) is 5.85. The Kier molecular flexibility index (Phi) is 5.01. The number of benzene rings is 1. The zero-order valence-corrected chi connectivity index (χ0v) is 11.0. The lowest BCUT2D eigenvalue weighted by Gasteiger charge is -2.08. The molecule has 19 heavy (non-hydrogen) atoms. The van der Waals surface area contributed by atoms with Gasteiger partial charge in [-0.3, -0.25) is 0 Å². The van der Waals surface area contributed by atoms with E-state index in [0.29, 0.717) is 17.5 Å². The summed E-state index contributed by atoms with van der Waals surface area (Å²) in [5.74, 6) is 1.41. The van der Waals surface area contributed by atoms with Crippen molar-refractivity contribution in [3.8, 4) is 11.5 Å². The summed E-state index contributed by atoms with van der Waals surface area (Å²) in [6, 6.07) is 10.9. The minimum atomic E-state index is -0.00222. The van der Waals surface area contributed by atoms with Crippen molar-refractivity contribution >= 4 is 11.6 Å². The number of hydrogen-bond acceptors (Lipinski definition) is 4. The molecule has 0 atom stereocenters. The summed E-state index contributed by atoms with van der Waals surface area (Å²) in [5, 5.41) is 9.10. The molecule has 0 fully saturated rings. The second-order valence-electron chi connectivity index (χ2n) is 3.79. The van der Waals surface area contributed by atoms with Crippen LogP contribution in [0.5, 0.6) is 11.5 Å². The van der Waals surface area contributed by atoms with Gasteiger partial charge in [-0.15, -0.1) is 0 Å². The molecule has 0 radical (unpaired) electrons. The SMILES string of the molecule is OCCOc1ccc(OCc2cccnc2Cl)cc1. The molecule has 100 valence electrons. The van der Waals surface area contributed by atoms with E-state index in [-0.39, 0.29) is 13.2 Å². The van der Waals surface area contributed by atoms with E-state index in [9.17, 15) is 0 Å². The van der Waals surface area contributed by atoms with Crippen molar-refractivity contribution in [1.82, 2.24) is 4.98 Å². The minimum Gasteiger partial charge on any atom is -0.491 e. The number of aliphatic hydroxyl groups excluding tert-OH is 1. The average molecular weight is 280 g/mol. The van der Waals surface area contributed by atoms with Gasteiger partial charge in [0.05, 0.1) is 6.61 Å². The lowest BCUT2D eigenvalue weighted by atomic mass is 10.3. The van der Waals surface area contributed by atoms with Gasteiger partial charge in [0, 0.05) is 11.8 Å². The predicted molar refractivity (Wildman–Crippen MR) is 72.6 cm³/mol. The maximum Gasteiger partial charge on any atom is 0.135 e. The highest BCUT2D eigenvalue weighted by molar-refractivity contribution is 6.30. The third-order valence-corrected chi connectivity index (χ3v) is 2.75. The van der Waals surface area contributed by atoms with Crippen LogP contribution >= 0.6 is 11.6 Å². The summed E-state index contributed by atoms with van der Waals surface area (Å²) in [5.41, 5.74) is 0.838. The van der Waals surface area contributed by atoms with Crippen LogP contribution in [0.4, 0.5) is 0 Å². The molecule has 1 aromatic heterocycles. The molecule has 0 amide bonds. The Bertz CT molecular complexity index is 516. The molecular weight excluding hydrogens is 266 g/mol. The van der Waals surface area contributed by atoms with Crippen LogP contribution in [0, 0.1) is 0 Å². The van der Waals surface area contributed by atoms with Crippen LogP contribution in [-0.2, 0) is 6.61 Å². The molecule has 2 aromatic rings. The Morgan fingerprint density at radius 1 is 1.05 bits per heavy atom.